The molecule has 0 aliphatic rings. The molecule has 0 aliphatic carbocycles. The molecule has 88 valence electrons. The van der Waals surface area contributed by atoms with Gasteiger partial charge >= 0.3 is 0 Å². The van der Waals surface area contributed by atoms with Gasteiger partial charge in [-0.05, 0) is 45.2 Å². The minimum absolute atomic E-state index is 0.355. The van der Waals surface area contributed by atoms with Crippen molar-refractivity contribution in [3.8, 4) is 0 Å². The Labute approximate surface area is 108 Å². The van der Waals surface area contributed by atoms with Crippen LogP contribution in [0.15, 0.2) is 16.6 Å². The third kappa shape index (κ3) is 3.47. The number of nitrogens with two attached hydrogens (primary N) is 1. The van der Waals surface area contributed by atoms with Crippen LogP contribution in [0.5, 0.6) is 0 Å². The second-order valence-electron chi connectivity index (χ2n) is 3.84. The zero-order valence-corrected chi connectivity index (χ0v) is 11.5. The van der Waals surface area contributed by atoms with Crippen molar-refractivity contribution in [2.24, 2.45) is 0 Å². The Morgan fingerprint density at radius 1 is 1.56 bits per heavy atom. The van der Waals surface area contributed by atoms with E-state index in [1.165, 1.54) is 0 Å². The zero-order valence-electron chi connectivity index (χ0n) is 9.18. The standard InChI is InChI=1S/C11H14BrClN2O/c1-6(2)15-5-8-3-7(11(13)16)4-9(12)10(8)14/h3-4,6,15H,5,14H2,1-2H3. The van der Waals surface area contributed by atoms with Crippen LogP contribution < -0.4 is 11.1 Å². The maximum absolute atomic E-state index is 11.1. The number of carbonyl (C=O) groups is 1. The van der Waals surface area contributed by atoms with Gasteiger partial charge in [0.2, 0.25) is 0 Å². The summed E-state index contributed by atoms with van der Waals surface area (Å²) in [5.41, 5.74) is 7.85. The molecule has 0 unspecified atom stereocenters. The van der Waals surface area contributed by atoms with E-state index in [-0.39, 0.29) is 0 Å². The first-order valence-electron chi connectivity index (χ1n) is 4.93. The first-order valence-corrected chi connectivity index (χ1v) is 6.10. The van der Waals surface area contributed by atoms with E-state index in [1.807, 2.05) is 13.8 Å². The van der Waals surface area contributed by atoms with Crippen molar-refractivity contribution < 1.29 is 4.79 Å². The molecule has 3 nitrogen and oxygen atoms in total. The van der Waals surface area contributed by atoms with Crippen LogP contribution in [0.25, 0.3) is 0 Å². The molecule has 0 aromatic heterocycles. The fourth-order valence-corrected chi connectivity index (χ4v) is 1.86. The molecule has 1 aromatic carbocycles. The number of anilines is 1. The highest BCUT2D eigenvalue weighted by atomic mass is 79.9. The van der Waals surface area contributed by atoms with Gasteiger partial charge in [-0.25, -0.2) is 0 Å². The summed E-state index contributed by atoms with van der Waals surface area (Å²) in [5, 5.41) is 2.76. The normalized spacial score (nSPS) is 10.8. The van der Waals surface area contributed by atoms with Crippen molar-refractivity contribution in [3.63, 3.8) is 0 Å². The fraction of sp³-hybridized carbons (Fsp3) is 0.364. The number of carbonyl (C=O) groups excluding carboxylic acids is 1. The molecule has 1 rings (SSSR count). The molecule has 0 saturated carbocycles. The summed E-state index contributed by atoms with van der Waals surface area (Å²) < 4.78 is 0.694. The summed E-state index contributed by atoms with van der Waals surface area (Å²) in [6.45, 7) is 4.70. The predicted octanol–water partition coefficient (Wildman–Crippen LogP) is 2.91. The number of halogens is 2. The quantitative estimate of drug-likeness (QED) is 0.664. The summed E-state index contributed by atoms with van der Waals surface area (Å²) in [6, 6.07) is 3.70. The molecule has 5 heteroatoms. The Morgan fingerprint density at radius 3 is 2.69 bits per heavy atom. The molecule has 0 aliphatic heterocycles. The molecule has 3 N–H and O–H groups in total. The van der Waals surface area contributed by atoms with Gasteiger partial charge in [0.15, 0.2) is 0 Å². The van der Waals surface area contributed by atoms with Crippen molar-refractivity contribution in [1.82, 2.24) is 5.32 Å². The molecular weight excluding hydrogens is 291 g/mol. The number of hydrogen-bond donors (Lipinski definition) is 2. The molecule has 0 bridgehead atoms. The average molecular weight is 306 g/mol. The maximum atomic E-state index is 11.1. The molecule has 0 heterocycles. The Bertz CT molecular complexity index is 407. The molecule has 16 heavy (non-hydrogen) atoms. The van der Waals surface area contributed by atoms with Crippen LogP contribution in [-0.2, 0) is 6.54 Å². The first-order chi connectivity index (χ1) is 7.41. The van der Waals surface area contributed by atoms with Crippen molar-refractivity contribution in [2.75, 3.05) is 5.73 Å². The Kier molecular flexibility index (Phi) is 4.77. The molecule has 1 aromatic rings. The van der Waals surface area contributed by atoms with Crippen molar-refractivity contribution in [1.29, 1.82) is 0 Å². The number of benzene rings is 1. The van der Waals surface area contributed by atoms with E-state index < -0.39 is 5.24 Å². The highest BCUT2D eigenvalue weighted by Gasteiger charge is 2.10. The average Bonchev–Trinajstić information content (AvgIpc) is 2.19. The van der Waals surface area contributed by atoms with Crippen molar-refractivity contribution in [2.45, 2.75) is 26.4 Å². The van der Waals surface area contributed by atoms with E-state index >= 15 is 0 Å². The summed E-state index contributed by atoms with van der Waals surface area (Å²) in [4.78, 5) is 11.1. The second kappa shape index (κ2) is 5.66. The van der Waals surface area contributed by atoms with Gasteiger partial charge in [0.1, 0.15) is 0 Å². The number of rotatable bonds is 4. The molecule has 0 saturated heterocycles. The predicted molar refractivity (Wildman–Crippen MR) is 70.7 cm³/mol. The van der Waals surface area contributed by atoms with Gasteiger partial charge in [-0.15, -0.1) is 0 Å². The van der Waals surface area contributed by atoms with Crippen LogP contribution in [0.3, 0.4) is 0 Å². The highest BCUT2D eigenvalue weighted by molar-refractivity contribution is 9.10. The van der Waals surface area contributed by atoms with E-state index in [2.05, 4.69) is 21.2 Å². The lowest BCUT2D eigenvalue weighted by molar-refractivity contribution is 0.108. The third-order valence-corrected chi connectivity index (χ3v) is 3.02. The van der Waals surface area contributed by atoms with Crippen molar-refractivity contribution >= 4 is 38.5 Å². The van der Waals surface area contributed by atoms with Gasteiger partial charge in [-0.2, -0.15) is 0 Å². The summed E-state index contributed by atoms with van der Waals surface area (Å²) in [5.74, 6) is 0. The maximum Gasteiger partial charge on any atom is 0.252 e. The van der Waals surface area contributed by atoms with Crippen LogP contribution in [0.4, 0.5) is 5.69 Å². The monoisotopic (exact) mass is 304 g/mol. The summed E-state index contributed by atoms with van der Waals surface area (Å²) in [6.07, 6.45) is 0. The van der Waals surface area contributed by atoms with Crippen molar-refractivity contribution in [3.05, 3.63) is 27.7 Å². The van der Waals surface area contributed by atoms with E-state index in [0.29, 0.717) is 28.3 Å². The fourth-order valence-electron chi connectivity index (χ4n) is 1.25. The molecule has 0 fully saturated rings. The summed E-state index contributed by atoms with van der Waals surface area (Å²) >= 11 is 8.75. The van der Waals surface area contributed by atoms with Crippen LogP contribution in [-0.4, -0.2) is 11.3 Å². The van der Waals surface area contributed by atoms with Crippen LogP contribution >= 0.6 is 27.5 Å². The molecular formula is C11H14BrClN2O. The van der Waals surface area contributed by atoms with Gasteiger partial charge in [0.05, 0.1) is 5.69 Å². The Hall–Kier alpha value is -0.580. The first kappa shape index (κ1) is 13.5. The minimum atomic E-state index is -0.480. The Balaban J connectivity index is 3.02. The Morgan fingerprint density at radius 2 is 2.19 bits per heavy atom. The largest absolute Gasteiger partial charge is 0.398 e. The van der Waals surface area contributed by atoms with E-state index in [1.54, 1.807) is 12.1 Å². The lowest BCUT2D eigenvalue weighted by atomic mass is 10.1. The lowest BCUT2D eigenvalue weighted by Crippen LogP contribution is -2.22. The van der Waals surface area contributed by atoms with Gasteiger partial charge in [-0.1, -0.05) is 13.8 Å². The van der Waals surface area contributed by atoms with Gasteiger partial charge < -0.3 is 11.1 Å². The third-order valence-electron chi connectivity index (χ3n) is 2.14. The number of hydrogen-bond acceptors (Lipinski definition) is 3. The van der Waals surface area contributed by atoms with E-state index in [0.717, 1.165) is 5.56 Å². The van der Waals surface area contributed by atoms with Crippen LogP contribution in [0.2, 0.25) is 0 Å². The van der Waals surface area contributed by atoms with Crippen LogP contribution in [0, 0.1) is 0 Å². The number of nitrogens with one attached hydrogen (secondary N) is 1. The number of nitrogen functional groups attached to an aromatic ring is 1. The molecule has 0 spiro atoms. The molecule has 0 radical (unpaired) electrons. The van der Waals surface area contributed by atoms with Gasteiger partial charge in [0.25, 0.3) is 5.24 Å². The van der Waals surface area contributed by atoms with E-state index in [9.17, 15) is 4.79 Å². The lowest BCUT2D eigenvalue weighted by Gasteiger charge is -2.12. The summed E-state index contributed by atoms with van der Waals surface area (Å²) in [7, 11) is 0. The van der Waals surface area contributed by atoms with Gasteiger partial charge in [-0.3, -0.25) is 4.79 Å². The highest BCUT2D eigenvalue weighted by Crippen LogP contribution is 2.26. The minimum Gasteiger partial charge on any atom is -0.398 e. The zero-order chi connectivity index (χ0) is 12.3. The SMILES string of the molecule is CC(C)NCc1cc(C(=O)Cl)cc(Br)c1N. The van der Waals surface area contributed by atoms with Gasteiger partial charge in [0, 0.05) is 22.6 Å². The van der Waals surface area contributed by atoms with Crippen LogP contribution in [0.1, 0.15) is 29.8 Å². The molecule has 0 atom stereocenters. The topological polar surface area (TPSA) is 55.1 Å². The molecule has 0 amide bonds. The van der Waals surface area contributed by atoms with E-state index in [4.69, 9.17) is 17.3 Å². The smallest absolute Gasteiger partial charge is 0.252 e. The second-order valence-corrected chi connectivity index (χ2v) is 5.04.